The van der Waals surface area contributed by atoms with E-state index in [0.717, 1.165) is 24.1 Å². The second-order valence-electron chi connectivity index (χ2n) is 6.87. The van der Waals surface area contributed by atoms with Gasteiger partial charge >= 0.3 is 0 Å². The van der Waals surface area contributed by atoms with Gasteiger partial charge in [0.15, 0.2) is 0 Å². The van der Waals surface area contributed by atoms with Crippen molar-refractivity contribution < 1.29 is 14.3 Å². The van der Waals surface area contributed by atoms with E-state index in [0.29, 0.717) is 30.3 Å². The smallest absolute Gasteiger partial charge is 0.227 e. The van der Waals surface area contributed by atoms with Gasteiger partial charge in [0.05, 0.1) is 29.8 Å². The first-order valence-electron chi connectivity index (χ1n) is 9.21. The average Bonchev–Trinajstić information content (AvgIpc) is 3.10. The molecule has 1 unspecified atom stereocenters. The zero-order valence-electron chi connectivity index (χ0n) is 14.9. The number of benzene rings is 2. The molecule has 0 saturated carbocycles. The number of fused-ring (bicyclic) bond motifs is 1. The van der Waals surface area contributed by atoms with Crippen LogP contribution in [-0.4, -0.2) is 25.0 Å². The SMILES string of the molecule is O=C(CC1OCCc2ccccc21)Nc1cc(N2CCCC2=O)ccc1Cl. The molecule has 2 aromatic carbocycles. The van der Waals surface area contributed by atoms with Gasteiger partial charge in [0.25, 0.3) is 0 Å². The molecule has 2 aromatic rings. The van der Waals surface area contributed by atoms with Gasteiger partial charge < -0.3 is 15.0 Å². The van der Waals surface area contributed by atoms with Crippen LogP contribution in [0.25, 0.3) is 0 Å². The molecule has 2 aliphatic rings. The molecule has 2 aliphatic heterocycles. The lowest BCUT2D eigenvalue weighted by Gasteiger charge is -2.25. The maximum absolute atomic E-state index is 12.6. The summed E-state index contributed by atoms with van der Waals surface area (Å²) in [6.07, 6.45) is 2.24. The predicted molar refractivity (Wildman–Crippen MR) is 105 cm³/mol. The van der Waals surface area contributed by atoms with Gasteiger partial charge in [-0.05, 0) is 42.2 Å². The quantitative estimate of drug-likeness (QED) is 0.863. The summed E-state index contributed by atoms with van der Waals surface area (Å²) < 4.78 is 5.82. The Morgan fingerprint density at radius 3 is 2.89 bits per heavy atom. The molecule has 0 radical (unpaired) electrons. The van der Waals surface area contributed by atoms with Crippen LogP contribution in [0.3, 0.4) is 0 Å². The van der Waals surface area contributed by atoms with Gasteiger partial charge in [-0.1, -0.05) is 35.9 Å². The maximum Gasteiger partial charge on any atom is 0.227 e. The number of nitrogens with zero attached hydrogens (tertiary/aromatic N) is 1. The Bertz CT molecular complexity index is 883. The summed E-state index contributed by atoms with van der Waals surface area (Å²) in [5.74, 6) is -0.0645. The molecule has 5 nitrogen and oxygen atoms in total. The second kappa shape index (κ2) is 7.71. The molecule has 4 rings (SSSR count). The van der Waals surface area contributed by atoms with E-state index in [1.54, 1.807) is 17.0 Å². The van der Waals surface area contributed by atoms with Crippen molar-refractivity contribution in [3.63, 3.8) is 0 Å². The van der Waals surface area contributed by atoms with Gasteiger partial charge in [-0.15, -0.1) is 0 Å². The molecule has 0 aliphatic carbocycles. The van der Waals surface area contributed by atoms with Gasteiger partial charge in [-0.3, -0.25) is 9.59 Å². The van der Waals surface area contributed by atoms with E-state index in [2.05, 4.69) is 11.4 Å². The first kappa shape index (κ1) is 18.0. The molecule has 1 fully saturated rings. The second-order valence-corrected chi connectivity index (χ2v) is 7.28. The summed E-state index contributed by atoms with van der Waals surface area (Å²) in [7, 11) is 0. The summed E-state index contributed by atoms with van der Waals surface area (Å²) in [6.45, 7) is 1.31. The highest BCUT2D eigenvalue weighted by molar-refractivity contribution is 6.33. The Balaban J connectivity index is 1.48. The number of hydrogen-bond donors (Lipinski definition) is 1. The van der Waals surface area contributed by atoms with E-state index in [-0.39, 0.29) is 24.3 Å². The van der Waals surface area contributed by atoms with Crippen molar-refractivity contribution in [2.45, 2.75) is 31.8 Å². The third-order valence-electron chi connectivity index (χ3n) is 5.07. The van der Waals surface area contributed by atoms with Gasteiger partial charge in [-0.25, -0.2) is 0 Å². The maximum atomic E-state index is 12.6. The zero-order valence-corrected chi connectivity index (χ0v) is 15.7. The summed E-state index contributed by atoms with van der Waals surface area (Å²) in [5.41, 5.74) is 3.58. The van der Waals surface area contributed by atoms with Crippen molar-refractivity contribution in [2.24, 2.45) is 0 Å². The largest absolute Gasteiger partial charge is 0.373 e. The van der Waals surface area contributed by atoms with Crippen molar-refractivity contribution >= 4 is 34.8 Å². The number of amides is 2. The topological polar surface area (TPSA) is 58.6 Å². The number of ether oxygens (including phenoxy) is 1. The van der Waals surface area contributed by atoms with Gasteiger partial charge in [0, 0.05) is 18.7 Å². The molecule has 27 heavy (non-hydrogen) atoms. The third-order valence-corrected chi connectivity index (χ3v) is 5.40. The van der Waals surface area contributed by atoms with E-state index in [9.17, 15) is 9.59 Å². The number of halogens is 1. The Hall–Kier alpha value is -2.37. The van der Waals surface area contributed by atoms with Crippen molar-refractivity contribution in [1.82, 2.24) is 0 Å². The highest BCUT2D eigenvalue weighted by atomic mass is 35.5. The molecule has 2 heterocycles. The first-order valence-corrected chi connectivity index (χ1v) is 9.59. The minimum atomic E-state index is -0.253. The van der Waals surface area contributed by atoms with Crippen molar-refractivity contribution in [2.75, 3.05) is 23.4 Å². The number of rotatable bonds is 4. The number of carbonyl (C=O) groups is 2. The van der Waals surface area contributed by atoms with Gasteiger partial charge in [0.1, 0.15) is 0 Å². The molecule has 1 N–H and O–H groups in total. The van der Waals surface area contributed by atoms with Crippen LogP contribution in [0.2, 0.25) is 5.02 Å². The van der Waals surface area contributed by atoms with Crippen molar-refractivity contribution in [3.05, 3.63) is 58.6 Å². The standard InChI is InChI=1S/C21H21ClN2O3/c22-17-8-7-15(24-10-3-6-21(24)26)12-18(17)23-20(25)13-19-16-5-2-1-4-14(16)9-11-27-19/h1-2,4-5,7-8,12,19H,3,6,9-11,13H2,(H,23,25). The van der Waals surface area contributed by atoms with E-state index in [4.69, 9.17) is 16.3 Å². The number of carbonyl (C=O) groups excluding carboxylic acids is 2. The summed E-state index contributed by atoms with van der Waals surface area (Å²) >= 11 is 6.26. The Morgan fingerprint density at radius 2 is 2.07 bits per heavy atom. The fraction of sp³-hybridized carbons (Fsp3) is 0.333. The summed E-state index contributed by atoms with van der Waals surface area (Å²) in [6, 6.07) is 13.3. The van der Waals surface area contributed by atoms with Crippen molar-refractivity contribution in [1.29, 1.82) is 0 Å². The highest BCUT2D eigenvalue weighted by Gasteiger charge is 2.25. The molecule has 1 atom stereocenters. The number of hydrogen-bond acceptors (Lipinski definition) is 3. The molecule has 0 spiro atoms. The first-order chi connectivity index (χ1) is 13.1. The molecular formula is C21H21ClN2O3. The van der Waals surface area contributed by atoms with E-state index >= 15 is 0 Å². The Morgan fingerprint density at radius 1 is 1.22 bits per heavy atom. The minimum Gasteiger partial charge on any atom is -0.373 e. The van der Waals surface area contributed by atoms with Crippen LogP contribution in [0.5, 0.6) is 0 Å². The lowest BCUT2D eigenvalue weighted by atomic mass is 9.95. The summed E-state index contributed by atoms with van der Waals surface area (Å²) in [4.78, 5) is 26.3. The van der Waals surface area contributed by atoms with Crippen LogP contribution in [0.4, 0.5) is 11.4 Å². The van der Waals surface area contributed by atoms with Crippen LogP contribution < -0.4 is 10.2 Å². The average molecular weight is 385 g/mol. The van der Waals surface area contributed by atoms with Gasteiger partial charge in [0.2, 0.25) is 11.8 Å². The van der Waals surface area contributed by atoms with Crippen LogP contribution >= 0.6 is 11.6 Å². The molecule has 2 amide bonds. The monoisotopic (exact) mass is 384 g/mol. The fourth-order valence-corrected chi connectivity index (χ4v) is 3.88. The number of anilines is 2. The van der Waals surface area contributed by atoms with Gasteiger partial charge in [-0.2, -0.15) is 0 Å². The highest BCUT2D eigenvalue weighted by Crippen LogP contribution is 2.32. The number of nitrogens with one attached hydrogen (secondary N) is 1. The minimum absolute atomic E-state index is 0.0989. The van der Waals surface area contributed by atoms with E-state index < -0.39 is 0 Å². The molecule has 1 saturated heterocycles. The van der Waals surface area contributed by atoms with Crippen molar-refractivity contribution in [3.8, 4) is 0 Å². The van der Waals surface area contributed by atoms with Crippen LogP contribution in [0, 0.1) is 0 Å². The molecular weight excluding hydrogens is 364 g/mol. The third kappa shape index (κ3) is 3.84. The molecule has 0 aromatic heterocycles. The fourth-order valence-electron chi connectivity index (χ4n) is 3.71. The Labute approximate surface area is 163 Å². The zero-order chi connectivity index (χ0) is 18.8. The Kier molecular flexibility index (Phi) is 5.14. The van der Waals surface area contributed by atoms with Crippen LogP contribution in [-0.2, 0) is 20.7 Å². The predicted octanol–water partition coefficient (Wildman–Crippen LogP) is 4.11. The summed E-state index contributed by atoms with van der Waals surface area (Å²) in [5, 5.41) is 3.33. The molecule has 6 heteroatoms. The van der Waals surface area contributed by atoms with Crippen LogP contribution in [0.15, 0.2) is 42.5 Å². The normalized spacial score (nSPS) is 19.1. The molecule has 0 bridgehead atoms. The lowest BCUT2D eigenvalue weighted by Crippen LogP contribution is -2.24. The van der Waals surface area contributed by atoms with Crippen LogP contribution in [0.1, 0.15) is 36.5 Å². The lowest BCUT2D eigenvalue weighted by molar-refractivity contribution is -0.119. The van der Waals surface area contributed by atoms with E-state index in [1.807, 2.05) is 24.3 Å². The van der Waals surface area contributed by atoms with E-state index in [1.165, 1.54) is 5.56 Å². The molecule has 140 valence electrons.